The number of benzene rings is 5. The molecule has 0 spiro atoms. The Labute approximate surface area is 256 Å². The molecule has 2 aliphatic heterocycles. The van der Waals surface area contributed by atoms with Gasteiger partial charge in [0.15, 0.2) is 0 Å². The summed E-state index contributed by atoms with van der Waals surface area (Å²) in [6, 6.07) is 39.3. The van der Waals surface area contributed by atoms with Gasteiger partial charge in [-0.1, -0.05) is 82.3 Å². The van der Waals surface area contributed by atoms with Crippen LogP contribution in [0.2, 0.25) is 0 Å². The second kappa shape index (κ2) is 8.66. The predicted octanol–water partition coefficient (Wildman–Crippen LogP) is 8.22. The molecule has 9 rings (SSSR count). The van der Waals surface area contributed by atoms with Gasteiger partial charge in [0.25, 0.3) is 6.71 Å². The molecule has 0 saturated heterocycles. The van der Waals surface area contributed by atoms with Crippen molar-refractivity contribution in [1.82, 2.24) is 0 Å². The molecule has 210 valence electrons. The van der Waals surface area contributed by atoms with E-state index in [2.05, 4.69) is 141 Å². The molecule has 2 nitrogen and oxygen atoms in total. The molecule has 0 atom stereocenters. The number of anilines is 6. The summed E-state index contributed by atoms with van der Waals surface area (Å²) in [7, 11) is 0. The van der Waals surface area contributed by atoms with E-state index in [1.165, 1.54) is 85.6 Å². The molecule has 0 fully saturated rings. The molecule has 43 heavy (non-hydrogen) atoms. The molecule has 2 heterocycles. The summed E-state index contributed by atoms with van der Waals surface area (Å²) in [5.41, 5.74) is 18.5. The highest BCUT2D eigenvalue weighted by Crippen LogP contribution is 2.48. The van der Waals surface area contributed by atoms with Crippen molar-refractivity contribution >= 4 is 57.2 Å². The standard InChI is InChI=1S/C40H37BN2/c1-39(2)20-18-26-22-32-36(24-30(26)39)42(28-12-7-5-8-13-28)34-16-11-17-35-38(34)41(32)33-23-27-19-21-40(3,4)31(27)25-37(33)43(35)29-14-9-6-10-15-29/h5-17,22-25H,18-21H2,1-4H3. The Balaban J connectivity index is 1.40. The monoisotopic (exact) mass is 556 g/mol. The zero-order valence-electron chi connectivity index (χ0n) is 25.6. The van der Waals surface area contributed by atoms with Crippen molar-refractivity contribution < 1.29 is 0 Å². The molecular weight excluding hydrogens is 519 g/mol. The lowest BCUT2D eigenvalue weighted by Crippen LogP contribution is -2.61. The van der Waals surface area contributed by atoms with Crippen LogP contribution in [0.15, 0.2) is 103 Å². The van der Waals surface area contributed by atoms with E-state index in [0.29, 0.717) is 0 Å². The fourth-order valence-electron chi connectivity index (χ4n) is 8.67. The molecule has 0 bridgehead atoms. The maximum Gasteiger partial charge on any atom is 0.252 e. The molecule has 0 unspecified atom stereocenters. The van der Waals surface area contributed by atoms with Crippen LogP contribution in [-0.2, 0) is 23.7 Å². The smallest absolute Gasteiger partial charge is 0.252 e. The van der Waals surface area contributed by atoms with Gasteiger partial charge in [-0.15, -0.1) is 0 Å². The summed E-state index contributed by atoms with van der Waals surface area (Å²) in [4.78, 5) is 5.09. The first-order valence-electron chi connectivity index (χ1n) is 16.0. The van der Waals surface area contributed by atoms with Crippen molar-refractivity contribution in [3.05, 3.63) is 125 Å². The Morgan fingerprint density at radius 1 is 0.512 bits per heavy atom. The molecule has 0 amide bonds. The number of hydrogen-bond acceptors (Lipinski definition) is 2. The third-order valence-electron chi connectivity index (χ3n) is 11.0. The SMILES string of the molecule is CC1(C)CCc2cc3c(cc21)N(c1ccccc1)c1cccc2c1B3c1cc3c(cc1N2c1ccccc1)C(C)(C)CC3. The van der Waals surface area contributed by atoms with E-state index in [-0.39, 0.29) is 17.5 Å². The molecule has 5 aromatic carbocycles. The Morgan fingerprint density at radius 3 is 1.40 bits per heavy atom. The Kier molecular flexibility index (Phi) is 5.09. The lowest BCUT2D eigenvalue weighted by Gasteiger charge is -2.45. The molecule has 0 N–H and O–H groups in total. The van der Waals surface area contributed by atoms with Crippen LogP contribution >= 0.6 is 0 Å². The van der Waals surface area contributed by atoms with Gasteiger partial charge in [0.1, 0.15) is 0 Å². The molecule has 0 saturated carbocycles. The summed E-state index contributed by atoms with van der Waals surface area (Å²) >= 11 is 0. The number of hydrogen-bond donors (Lipinski definition) is 0. The zero-order chi connectivity index (χ0) is 29.1. The van der Waals surface area contributed by atoms with E-state index in [1.54, 1.807) is 0 Å². The van der Waals surface area contributed by atoms with E-state index in [0.717, 1.165) is 12.8 Å². The second-order valence-electron chi connectivity index (χ2n) is 14.4. The average Bonchev–Trinajstić information content (AvgIpc) is 3.49. The van der Waals surface area contributed by atoms with Crippen molar-refractivity contribution in [2.45, 2.75) is 64.2 Å². The van der Waals surface area contributed by atoms with Crippen LogP contribution in [0.3, 0.4) is 0 Å². The number of nitrogens with zero attached hydrogens (tertiary/aromatic N) is 2. The van der Waals surface area contributed by atoms with Gasteiger partial charge in [0.2, 0.25) is 0 Å². The van der Waals surface area contributed by atoms with Crippen LogP contribution in [0.25, 0.3) is 0 Å². The Bertz CT molecular complexity index is 1800. The van der Waals surface area contributed by atoms with Crippen LogP contribution in [0, 0.1) is 0 Å². The average molecular weight is 557 g/mol. The van der Waals surface area contributed by atoms with Gasteiger partial charge in [-0.05, 0) is 124 Å². The van der Waals surface area contributed by atoms with Crippen molar-refractivity contribution in [2.24, 2.45) is 0 Å². The van der Waals surface area contributed by atoms with Crippen molar-refractivity contribution in [1.29, 1.82) is 0 Å². The first-order valence-corrected chi connectivity index (χ1v) is 16.0. The molecule has 5 aromatic rings. The molecule has 2 aliphatic carbocycles. The third kappa shape index (κ3) is 3.48. The van der Waals surface area contributed by atoms with E-state index in [4.69, 9.17) is 0 Å². The quantitative estimate of drug-likeness (QED) is 0.198. The summed E-state index contributed by atoms with van der Waals surface area (Å²) in [6.07, 6.45) is 4.73. The minimum atomic E-state index is 0.190. The van der Waals surface area contributed by atoms with Gasteiger partial charge >= 0.3 is 0 Å². The molecule has 3 heteroatoms. The number of para-hydroxylation sites is 2. The highest BCUT2D eigenvalue weighted by atomic mass is 15.2. The van der Waals surface area contributed by atoms with E-state index in [1.807, 2.05) is 0 Å². The zero-order valence-corrected chi connectivity index (χ0v) is 25.6. The first-order chi connectivity index (χ1) is 20.8. The van der Waals surface area contributed by atoms with Gasteiger partial charge in [-0.2, -0.15) is 0 Å². The maximum atomic E-state index is 2.60. The molecule has 4 aliphatic rings. The summed E-state index contributed by atoms with van der Waals surface area (Å²) in [5, 5.41) is 0. The molecule has 0 aromatic heterocycles. The number of rotatable bonds is 2. The van der Waals surface area contributed by atoms with Crippen LogP contribution in [0.4, 0.5) is 34.1 Å². The minimum Gasteiger partial charge on any atom is -0.311 e. The number of fused-ring (bicyclic) bond motifs is 6. The Hall–Kier alpha value is -4.24. The van der Waals surface area contributed by atoms with Crippen LogP contribution in [0.1, 0.15) is 62.8 Å². The summed E-state index contributed by atoms with van der Waals surface area (Å²) in [5.74, 6) is 0. The summed E-state index contributed by atoms with van der Waals surface area (Å²) < 4.78 is 0. The van der Waals surface area contributed by atoms with Gasteiger partial charge in [0, 0.05) is 34.1 Å². The number of aryl methyl sites for hydroxylation is 2. The van der Waals surface area contributed by atoms with Gasteiger partial charge in [-0.3, -0.25) is 0 Å². The fourth-order valence-corrected chi connectivity index (χ4v) is 8.67. The van der Waals surface area contributed by atoms with E-state index in [9.17, 15) is 0 Å². The first kappa shape index (κ1) is 25.3. The van der Waals surface area contributed by atoms with E-state index < -0.39 is 0 Å². The lowest BCUT2D eigenvalue weighted by molar-refractivity contribution is 0.522. The van der Waals surface area contributed by atoms with Crippen molar-refractivity contribution in [3.8, 4) is 0 Å². The van der Waals surface area contributed by atoms with Gasteiger partial charge in [0.05, 0.1) is 0 Å². The topological polar surface area (TPSA) is 6.48 Å². The predicted molar refractivity (Wildman–Crippen MR) is 183 cm³/mol. The van der Waals surface area contributed by atoms with Crippen LogP contribution in [-0.4, -0.2) is 6.71 Å². The minimum absolute atomic E-state index is 0.190. The van der Waals surface area contributed by atoms with Crippen molar-refractivity contribution in [2.75, 3.05) is 9.80 Å². The third-order valence-corrected chi connectivity index (χ3v) is 11.0. The second-order valence-corrected chi connectivity index (χ2v) is 14.4. The van der Waals surface area contributed by atoms with Crippen LogP contribution in [0.5, 0.6) is 0 Å². The fraction of sp³-hybridized carbons (Fsp3) is 0.250. The largest absolute Gasteiger partial charge is 0.311 e. The van der Waals surface area contributed by atoms with Crippen molar-refractivity contribution in [3.63, 3.8) is 0 Å². The summed E-state index contributed by atoms with van der Waals surface area (Å²) in [6.45, 7) is 9.88. The van der Waals surface area contributed by atoms with Gasteiger partial charge < -0.3 is 9.80 Å². The molecule has 0 radical (unpaired) electrons. The Morgan fingerprint density at radius 2 is 0.953 bits per heavy atom. The van der Waals surface area contributed by atoms with Gasteiger partial charge in [-0.25, -0.2) is 0 Å². The van der Waals surface area contributed by atoms with Crippen LogP contribution < -0.4 is 26.2 Å². The maximum absolute atomic E-state index is 2.60. The lowest BCUT2D eigenvalue weighted by atomic mass is 9.33. The highest BCUT2D eigenvalue weighted by Gasteiger charge is 2.46. The van der Waals surface area contributed by atoms with E-state index >= 15 is 0 Å². The molecular formula is C40H37BN2. The normalized spacial score (nSPS) is 18.1. The highest BCUT2D eigenvalue weighted by molar-refractivity contribution is 7.00.